The van der Waals surface area contributed by atoms with Gasteiger partial charge < -0.3 is 44.6 Å². The van der Waals surface area contributed by atoms with Crippen LogP contribution in [-0.2, 0) is 49.1 Å². The first-order chi connectivity index (χ1) is 64.7. The number of fused-ring (bicyclic) bond motifs is 3. The van der Waals surface area contributed by atoms with Crippen molar-refractivity contribution < 1.29 is 38.4 Å². The molecule has 8 aromatic heterocycles. The van der Waals surface area contributed by atoms with Gasteiger partial charge in [0.2, 0.25) is 29.7 Å². The van der Waals surface area contributed by atoms with Gasteiger partial charge in [-0.05, 0) is 199 Å². The lowest BCUT2D eigenvalue weighted by atomic mass is 9.82. The first kappa shape index (κ1) is 94.0. The van der Waals surface area contributed by atoms with Gasteiger partial charge in [0.15, 0.2) is 0 Å². The van der Waals surface area contributed by atoms with E-state index in [2.05, 4.69) is 142 Å². The molecule has 0 spiro atoms. The summed E-state index contributed by atoms with van der Waals surface area (Å²) in [6.07, 6.45) is 19.5. The fourth-order valence-electron chi connectivity index (χ4n) is 17.4. The molecule has 135 heavy (non-hydrogen) atoms. The molecule has 696 valence electrons. The standard InChI is InChI=1S/C24H25N5O2S.C23H23N5O2S.C20H16F3N5O2S.C18H23N3.C17H21N3/c1-16-10-12-18(13-11-16)32(30,31)29-15-20(19-8-4-5-9-22(19)29)21-14-23(28-24(25)27-21)26-17-6-2-3-7-17;1-15-9-11-17(12-10-15)31(29,30)28-14-19(18-7-2-3-8-21(18)28)20-13-22(27-23(24)26-20)25-16-5-4-6-16;1-25-18-10-16(26-19(24)27-18)15-11-28(17-5-3-2-4-14(15)17)31(29,30)13-8-6-12(7-9-13)20(21,22)23;1-12-6-5-9-16(13(12)2)17-11-15(20-18(19)21-17)10-14-7-3-4-8-14;1-11-5-3-8-15(12(11)2)16-10-14(19-17(18)20-16)9-13-6-4-7-13/h4-5,8-15,17H,2-3,6-7H2,1H3,(H3,25,26,27,28);2-3,7-14,16H,4-6H2,1H3,(H3,24,25,26,27);2-11H,1H3,(H3,24,25,26,27);5-6,9,11,14H,3-4,7-8,10H2,1-2H3,(H2,19,20,21);3,5,8,10,13H,4,6-7,9H2,1-2H3,(H2,18,19,20). The third-order valence-electron chi connectivity index (χ3n) is 25.5. The highest BCUT2D eigenvalue weighted by atomic mass is 32.2. The molecule has 4 saturated carbocycles. The van der Waals surface area contributed by atoms with Crippen LogP contribution < -0.4 is 44.6 Å². The second-order valence-electron chi connectivity index (χ2n) is 34.9. The predicted octanol–water partition coefficient (Wildman–Crippen LogP) is 20.5. The van der Waals surface area contributed by atoms with E-state index in [9.17, 15) is 38.4 Å². The van der Waals surface area contributed by atoms with Crippen molar-refractivity contribution in [3.63, 3.8) is 0 Å². The van der Waals surface area contributed by atoms with E-state index in [-0.39, 0.29) is 32.5 Å². The number of hydrogen-bond donors (Lipinski definition) is 8. The first-order valence-electron chi connectivity index (χ1n) is 45.1. The summed E-state index contributed by atoms with van der Waals surface area (Å²) in [5, 5.41) is 11.8. The number of aryl methyl sites for hydroxylation is 4. The highest BCUT2D eigenvalue weighted by Gasteiger charge is 2.33. The Balaban J connectivity index is 0.000000124. The number of para-hydroxylation sites is 3. The van der Waals surface area contributed by atoms with E-state index in [1.54, 1.807) is 110 Å². The van der Waals surface area contributed by atoms with E-state index in [0.717, 1.165) is 134 Å². The monoisotopic (exact) mass is 1880 g/mol. The first-order valence-corrected chi connectivity index (χ1v) is 49.5. The lowest BCUT2D eigenvalue weighted by molar-refractivity contribution is -0.137. The quantitative estimate of drug-likeness (QED) is 0.0351. The zero-order valence-electron chi connectivity index (χ0n) is 76.1. The van der Waals surface area contributed by atoms with E-state index >= 15 is 0 Å². The number of aromatic nitrogens is 13. The van der Waals surface area contributed by atoms with Gasteiger partial charge in [-0.2, -0.15) is 28.1 Å². The third-order valence-corrected chi connectivity index (χ3v) is 30.5. The molecule has 8 heterocycles. The van der Waals surface area contributed by atoms with Crippen LogP contribution in [0.15, 0.2) is 246 Å². The van der Waals surface area contributed by atoms with E-state index in [4.69, 9.17) is 28.7 Å². The van der Waals surface area contributed by atoms with Crippen molar-refractivity contribution in [2.75, 3.05) is 51.7 Å². The number of nitrogens with zero attached hydrogens (tertiary/aromatic N) is 13. The molecule has 33 heteroatoms. The van der Waals surface area contributed by atoms with E-state index in [1.165, 1.54) is 101 Å². The summed E-state index contributed by atoms with van der Waals surface area (Å²) in [6, 6.07) is 61.5. The molecule has 27 nitrogen and oxygen atoms in total. The topological polar surface area (TPSA) is 412 Å². The number of nitrogens with one attached hydrogen (secondary N) is 3. The van der Waals surface area contributed by atoms with Gasteiger partial charge in [0.05, 0.1) is 65.3 Å². The van der Waals surface area contributed by atoms with E-state index in [0.29, 0.717) is 97.1 Å². The minimum atomic E-state index is -4.56. The molecular weight excluding hydrogens is 1770 g/mol. The van der Waals surface area contributed by atoms with Crippen molar-refractivity contribution in [1.29, 1.82) is 0 Å². The molecule has 0 saturated heterocycles. The number of anilines is 8. The molecule has 0 unspecified atom stereocenters. The smallest absolute Gasteiger partial charge is 0.373 e. The summed E-state index contributed by atoms with van der Waals surface area (Å²) < 4.78 is 122. The van der Waals surface area contributed by atoms with Gasteiger partial charge in [-0.25, -0.2) is 72.1 Å². The predicted molar refractivity (Wildman–Crippen MR) is 530 cm³/mol. The number of alkyl halides is 3. The molecule has 4 fully saturated rings. The van der Waals surface area contributed by atoms with Gasteiger partial charge in [0.25, 0.3) is 30.1 Å². The summed E-state index contributed by atoms with van der Waals surface area (Å²) in [5.74, 6) is 4.41. The van der Waals surface area contributed by atoms with Crippen LogP contribution in [0.2, 0.25) is 0 Å². The SMILES string of the molecule is CNc1cc(-c2cn(S(=O)(=O)c3ccc(C(F)(F)F)cc3)c3ccccc23)nc(N)n1.Cc1ccc(S(=O)(=O)n2cc(-c3cc(NC4CCC4)nc(N)n3)c3ccccc32)cc1.Cc1ccc(S(=O)(=O)n2cc(-c3cc(NC4CCCC4)nc(N)n3)c3ccccc32)cc1.Cc1cccc(-c2cc(CC3CCC3)nc(N)n2)c1C.Cc1cccc(-c2cc(CC3CCCC3)nc(N)n2)c1C. The Morgan fingerprint density at radius 3 is 0.978 bits per heavy atom. The van der Waals surface area contributed by atoms with Crippen molar-refractivity contribution in [3.05, 3.63) is 281 Å². The lowest BCUT2D eigenvalue weighted by Gasteiger charge is -2.27. The summed E-state index contributed by atoms with van der Waals surface area (Å²) in [5.41, 5.74) is 47.1. The molecule has 20 rings (SSSR count). The average molecular weight is 1880 g/mol. The van der Waals surface area contributed by atoms with Gasteiger partial charge in [-0.3, -0.25) is 0 Å². The number of hydrogen-bond acceptors (Lipinski definition) is 24. The summed E-state index contributed by atoms with van der Waals surface area (Å²) in [6.45, 7) is 12.4. The Bertz CT molecular complexity index is 7400. The Labute approximate surface area is 783 Å². The van der Waals surface area contributed by atoms with Crippen LogP contribution in [0.25, 0.3) is 89.0 Å². The molecule has 8 aromatic carbocycles. The zero-order chi connectivity index (χ0) is 95.2. The van der Waals surface area contributed by atoms with Crippen molar-refractivity contribution in [2.45, 2.75) is 177 Å². The Morgan fingerprint density at radius 1 is 0.341 bits per heavy atom. The molecule has 4 aliphatic rings. The van der Waals surface area contributed by atoms with Crippen molar-refractivity contribution in [2.24, 2.45) is 11.8 Å². The van der Waals surface area contributed by atoms with Crippen LogP contribution in [0.5, 0.6) is 0 Å². The van der Waals surface area contributed by atoms with Crippen LogP contribution in [0, 0.1) is 53.4 Å². The van der Waals surface area contributed by atoms with Crippen LogP contribution in [0.4, 0.5) is 60.4 Å². The molecule has 0 radical (unpaired) electrons. The second-order valence-corrected chi connectivity index (χ2v) is 40.4. The zero-order valence-corrected chi connectivity index (χ0v) is 78.5. The second kappa shape index (κ2) is 39.9. The summed E-state index contributed by atoms with van der Waals surface area (Å²) in [7, 11) is -10.1. The molecule has 0 bridgehead atoms. The van der Waals surface area contributed by atoms with Gasteiger partial charge >= 0.3 is 6.18 Å². The maximum absolute atomic E-state index is 13.5. The van der Waals surface area contributed by atoms with Crippen molar-refractivity contribution in [1.82, 2.24) is 61.8 Å². The van der Waals surface area contributed by atoms with Crippen LogP contribution in [0.3, 0.4) is 0 Å². The van der Waals surface area contributed by atoms with Gasteiger partial charge in [-0.1, -0.05) is 184 Å². The normalized spacial score (nSPS) is 14.3. The Morgan fingerprint density at radius 2 is 0.644 bits per heavy atom. The van der Waals surface area contributed by atoms with Crippen molar-refractivity contribution >= 4 is 110 Å². The van der Waals surface area contributed by atoms with Crippen LogP contribution >= 0.6 is 0 Å². The summed E-state index contributed by atoms with van der Waals surface area (Å²) in [4.78, 5) is 43.6. The molecule has 16 aromatic rings. The van der Waals surface area contributed by atoms with Gasteiger partial charge in [-0.15, -0.1) is 0 Å². The number of nitrogens with two attached hydrogens (primary N) is 5. The number of benzene rings is 8. The maximum atomic E-state index is 13.5. The lowest BCUT2D eigenvalue weighted by Crippen LogP contribution is -2.27. The third kappa shape index (κ3) is 21.4. The van der Waals surface area contributed by atoms with E-state index in [1.807, 2.05) is 62.4 Å². The number of nitrogen functional groups attached to an aromatic ring is 5. The number of halogens is 3. The molecule has 0 aliphatic heterocycles. The maximum Gasteiger partial charge on any atom is 0.416 e. The molecule has 0 amide bonds. The van der Waals surface area contributed by atoms with Crippen LogP contribution in [0.1, 0.15) is 140 Å². The molecular formula is C102H108F3N21O6S3. The summed E-state index contributed by atoms with van der Waals surface area (Å²) >= 11 is 0. The molecule has 13 N–H and O–H groups in total. The minimum Gasteiger partial charge on any atom is -0.373 e. The fraction of sp³-hybridized carbons (Fsp3) is 0.275. The van der Waals surface area contributed by atoms with Gasteiger partial charge in [0, 0.05) is 111 Å². The van der Waals surface area contributed by atoms with E-state index < -0.39 is 41.8 Å². The highest BCUT2D eigenvalue weighted by Crippen LogP contribution is 2.41. The Kier molecular flexibility index (Phi) is 27.8. The Hall–Kier alpha value is -14.2. The molecule has 0 atom stereocenters. The average Bonchev–Trinajstić information content (AvgIpc) is 1.59. The van der Waals surface area contributed by atoms with Crippen molar-refractivity contribution in [3.8, 4) is 56.3 Å². The number of rotatable bonds is 20. The minimum absolute atomic E-state index is 0.00396. The fourth-order valence-corrected chi connectivity index (χ4v) is 21.6. The van der Waals surface area contributed by atoms with Gasteiger partial charge in [0.1, 0.15) is 17.5 Å². The van der Waals surface area contributed by atoms with Crippen LogP contribution in [-0.4, -0.2) is 106 Å². The largest absolute Gasteiger partial charge is 0.416 e. The molecule has 4 aliphatic carbocycles. The highest BCUT2D eigenvalue weighted by molar-refractivity contribution is 7.90.